The Morgan fingerprint density at radius 3 is 2.90 bits per heavy atom. The molecule has 2 aliphatic rings. The van der Waals surface area contributed by atoms with Crippen molar-refractivity contribution in [3.8, 4) is 0 Å². The van der Waals surface area contributed by atoms with E-state index < -0.39 is 0 Å². The van der Waals surface area contributed by atoms with Gasteiger partial charge in [0.2, 0.25) is 0 Å². The van der Waals surface area contributed by atoms with Crippen molar-refractivity contribution in [1.82, 2.24) is 15.2 Å². The van der Waals surface area contributed by atoms with E-state index in [4.69, 9.17) is 0 Å². The van der Waals surface area contributed by atoms with Crippen LogP contribution in [0, 0.1) is 12.8 Å². The van der Waals surface area contributed by atoms with E-state index in [2.05, 4.69) is 34.3 Å². The van der Waals surface area contributed by atoms with E-state index >= 15 is 0 Å². The van der Waals surface area contributed by atoms with Gasteiger partial charge in [-0.2, -0.15) is 0 Å². The molecular weight excluding hydrogens is 246 g/mol. The lowest BCUT2D eigenvalue weighted by Crippen LogP contribution is -2.46. The second-order valence-electron chi connectivity index (χ2n) is 6.37. The monoisotopic (exact) mass is 273 g/mol. The lowest BCUT2D eigenvalue weighted by atomic mass is 9.84. The number of hydrogen-bond acceptors (Lipinski definition) is 3. The molecule has 2 saturated heterocycles. The highest BCUT2D eigenvalue weighted by molar-refractivity contribution is 5.18. The Labute approximate surface area is 122 Å². The third-order valence-electron chi connectivity index (χ3n) is 5.08. The minimum Gasteiger partial charge on any atom is -0.317 e. The van der Waals surface area contributed by atoms with Crippen molar-refractivity contribution in [1.29, 1.82) is 0 Å². The van der Waals surface area contributed by atoms with Crippen molar-refractivity contribution < 1.29 is 0 Å². The van der Waals surface area contributed by atoms with Crippen LogP contribution in [0.4, 0.5) is 0 Å². The zero-order valence-corrected chi connectivity index (χ0v) is 12.6. The smallest absolute Gasteiger partial charge is 0.0417 e. The van der Waals surface area contributed by atoms with Crippen molar-refractivity contribution in [3.05, 3.63) is 29.6 Å². The van der Waals surface area contributed by atoms with E-state index in [9.17, 15) is 0 Å². The van der Waals surface area contributed by atoms with Crippen LogP contribution < -0.4 is 5.32 Å². The van der Waals surface area contributed by atoms with Gasteiger partial charge in [0, 0.05) is 24.5 Å². The van der Waals surface area contributed by atoms with Gasteiger partial charge in [-0.25, -0.2) is 0 Å². The molecule has 0 saturated carbocycles. The summed E-state index contributed by atoms with van der Waals surface area (Å²) in [4.78, 5) is 7.19. The number of pyridine rings is 1. The van der Waals surface area contributed by atoms with Gasteiger partial charge in [0.25, 0.3) is 0 Å². The van der Waals surface area contributed by atoms with Gasteiger partial charge in [-0.15, -0.1) is 0 Å². The third kappa shape index (κ3) is 3.21. The summed E-state index contributed by atoms with van der Waals surface area (Å²) >= 11 is 0. The summed E-state index contributed by atoms with van der Waals surface area (Å²) in [6.45, 7) is 6.91. The summed E-state index contributed by atoms with van der Waals surface area (Å²) in [6.07, 6.45) is 8.78. The minimum absolute atomic E-state index is 0.797. The molecule has 0 radical (unpaired) electrons. The number of aryl methyl sites for hydroxylation is 1. The van der Waals surface area contributed by atoms with Gasteiger partial charge < -0.3 is 5.32 Å². The lowest BCUT2D eigenvalue weighted by Gasteiger charge is -2.42. The Balaban J connectivity index is 1.70. The first-order valence-corrected chi connectivity index (χ1v) is 8.20. The van der Waals surface area contributed by atoms with Gasteiger partial charge >= 0.3 is 0 Å². The summed E-state index contributed by atoms with van der Waals surface area (Å²) in [5.74, 6) is 0.897. The van der Waals surface area contributed by atoms with Crippen LogP contribution in [0.15, 0.2) is 18.3 Å². The minimum atomic E-state index is 0.797. The van der Waals surface area contributed by atoms with Crippen LogP contribution in [-0.4, -0.2) is 35.6 Å². The third-order valence-corrected chi connectivity index (χ3v) is 5.08. The van der Waals surface area contributed by atoms with Crippen LogP contribution in [0.5, 0.6) is 0 Å². The molecule has 20 heavy (non-hydrogen) atoms. The molecule has 0 aliphatic carbocycles. The summed E-state index contributed by atoms with van der Waals surface area (Å²) in [5, 5.41) is 3.50. The van der Waals surface area contributed by atoms with E-state index in [1.165, 1.54) is 63.0 Å². The van der Waals surface area contributed by atoms with Crippen LogP contribution in [-0.2, 0) is 6.54 Å². The predicted octanol–water partition coefficient (Wildman–Crippen LogP) is 2.74. The normalized spacial score (nSPS) is 25.8. The predicted molar refractivity (Wildman–Crippen MR) is 82.6 cm³/mol. The van der Waals surface area contributed by atoms with Crippen LogP contribution in [0.25, 0.3) is 0 Å². The SMILES string of the molecule is Cc1ncccc1CN1CCCCC1C1CCNCC1. The van der Waals surface area contributed by atoms with Gasteiger partial charge in [0.05, 0.1) is 0 Å². The maximum atomic E-state index is 4.45. The molecule has 0 spiro atoms. The maximum Gasteiger partial charge on any atom is 0.0417 e. The topological polar surface area (TPSA) is 28.2 Å². The Morgan fingerprint density at radius 1 is 1.25 bits per heavy atom. The fraction of sp³-hybridized carbons (Fsp3) is 0.706. The molecule has 3 rings (SSSR count). The molecule has 3 heteroatoms. The second-order valence-corrected chi connectivity index (χ2v) is 6.37. The molecule has 3 heterocycles. The number of hydrogen-bond donors (Lipinski definition) is 1. The van der Waals surface area contributed by atoms with Crippen molar-refractivity contribution in [2.24, 2.45) is 5.92 Å². The molecule has 2 fully saturated rings. The van der Waals surface area contributed by atoms with Gasteiger partial charge in [-0.05, 0) is 69.8 Å². The molecule has 1 aromatic rings. The molecule has 1 unspecified atom stereocenters. The van der Waals surface area contributed by atoms with Crippen molar-refractivity contribution in [3.63, 3.8) is 0 Å². The number of nitrogens with one attached hydrogen (secondary N) is 1. The maximum absolute atomic E-state index is 4.45. The Morgan fingerprint density at radius 2 is 2.10 bits per heavy atom. The first-order chi connectivity index (χ1) is 9.84. The number of rotatable bonds is 3. The molecule has 110 valence electrons. The van der Waals surface area contributed by atoms with E-state index in [0.717, 1.165) is 18.5 Å². The fourth-order valence-electron chi connectivity index (χ4n) is 3.88. The molecule has 1 atom stereocenters. The van der Waals surface area contributed by atoms with E-state index in [0.29, 0.717) is 0 Å². The Bertz CT molecular complexity index is 426. The highest BCUT2D eigenvalue weighted by Crippen LogP contribution is 2.30. The summed E-state index contributed by atoms with van der Waals surface area (Å²) in [7, 11) is 0. The molecule has 1 aromatic heterocycles. The second kappa shape index (κ2) is 6.68. The van der Waals surface area contributed by atoms with E-state index in [1.807, 2.05) is 6.20 Å². The quantitative estimate of drug-likeness (QED) is 0.918. The van der Waals surface area contributed by atoms with Gasteiger partial charge in [-0.3, -0.25) is 9.88 Å². The van der Waals surface area contributed by atoms with Gasteiger partial charge in [0.15, 0.2) is 0 Å². The lowest BCUT2D eigenvalue weighted by molar-refractivity contribution is 0.0775. The van der Waals surface area contributed by atoms with E-state index in [-0.39, 0.29) is 0 Å². The molecule has 0 bridgehead atoms. The average Bonchev–Trinajstić information content (AvgIpc) is 2.51. The zero-order valence-electron chi connectivity index (χ0n) is 12.6. The molecule has 0 amide bonds. The highest BCUT2D eigenvalue weighted by atomic mass is 15.2. The molecule has 3 nitrogen and oxygen atoms in total. The van der Waals surface area contributed by atoms with Crippen LogP contribution in [0.1, 0.15) is 43.4 Å². The average molecular weight is 273 g/mol. The van der Waals surface area contributed by atoms with Gasteiger partial charge in [-0.1, -0.05) is 12.5 Å². The number of likely N-dealkylation sites (tertiary alicyclic amines) is 1. The van der Waals surface area contributed by atoms with Crippen LogP contribution in [0.2, 0.25) is 0 Å². The van der Waals surface area contributed by atoms with E-state index in [1.54, 1.807) is 0 Å². The molecular formula is C17H27N3. The fourth-order valence-corrected chi connectivity index (χ4v) is 3.88. The summed E-state index contributed by atoms with van der Waals surface area (Å²) in [5.41, 5.74) is 2.61. The van der Waals surface area contributed by atoms with Crippen molar-refractivity contribution in [2.45, 2.75) is 51.6 Å². The molecule has 1 N–H and O–H groups in total. The highest BCUT2D eigenvalue weighted by Gasteiger charge is 2.30. The number of piperidine rings is 2. The first-order valence-electron chi connectivity index (χ1n) is 8.20. The van der Waals surface area contributed by atoms with Crippen molar-refractivity contribution >= 4 is 0 Å². The number of aromatic nitrogens is 1. The Hall–Kier alpha value is -0.930. The summed E-state index contributed by atoms with van der Waals surface area (Å²) in [6, 6.07) is 5.12. The summed E-state index contributed by atoms with van der Waals surface area (Å²) < 4.78 is 0. The number of nitrogens with zero attached hydrogens (tertiary/aromatic N) is 2. The van der Waals surface area contributed by atoms with Crippen molar-refractivity contribution in [2.75, 3.05) is 19.6 Å². The van der Waals surface area contributed by atoms with Gasteiger partial charge in [0.1, 0.15) is 0 Å². The standard InChI is InChI=1S/C17H27N3/c1-14-16(5-4-9-19-14)13-20-12-3-2-6-17(20)15-7-10-18-11-8-15/h4-5,9,15,17-18H,2-3,6-8,10-13H2,1H3. The molecule has 0 aromatic carbocycles. The van der Waals surface area contributed by atoms with Crippen LogP contribution >= 0.6 is 0 Å². The molecule has 2 aliphatic heterocycles. The first kappa shape index (κ1) is 14.0. The Kier molecular flexibility index (Phi) is 4.69. The van der Waals surface area contributed by atoms with Crippen LogP contribution in [0.3, 0.4) is 0 Å². The zero-order chi connectivity index (χ0) is 13.8. The largest absolute Gasteiger partial charge is 0.317 e.